The Morgan fingerprint density at radius 3 is 2.70 bits per heavy atom. The maximum atomic E-state index is 6.34. The van der Waals surface area contributed by atoms with Gasteiger partial charge in [-0.3, -0.25) is 4.40 Å². The van der Waals surface area contributed by atoms with Gasteiger partial charge in [-0.25, -0.2) is 4.68 Å². The number of nitrogens with zero attached hydrogens (tertiary/aromatic N) is 3. The third kappa shape index (κ3) is 3.30. The van der Waals surface area contributed by atoms with E-state index >= 15 is 0 Å². The van der Waals surface area contributed by atoms with Gasteiger partial charge in [0.1, 0.15) is 18.0 Å². The summed E-state index contributed by atoms with van der Waals surface area (Å²) in [5, 5.41) is 4.94. The van der Waals surface area contributed by atoms with Crippen LogP contribution in [0.2, 0.25) is 0 Å². The van der Waals surface area contributed by atoms with Gasteiger partial charge in [-0.1, -0.05) is 56.3 Å². The third-order valence-corrected chi connectivity index (χ3v) is 6.12. The normalized spacial score (nSPS) is 13.7. The lowest BCUT2D eigenvalue weighted by atomic mass is 10.0. The molecule has 30 heavy (non-hydrogen) atoms. The van der Waals surface area contributed by atoms with Gasteiger partial charge in [0.15, 0.2) is 5.82 Å². The van der Waals surface area contributed by atoms with Gasteiger partial charge < -0.3 is 4.74 Å². The van der Waals surface area contributed by atoms with Crippen LogP contribution < -0.4 is 4.74 Å². The van der Waals surface area contributed by atoms with Crippen molar-refractivity contribution in [1.29, 1.82) is 0 Å². The summed E-state index contributed by atoms with van der Waals surface area (Å²) in [7, 11) is 0. The van der Waals surface area contributed by atoms with Crippen LogP contribution in [0, 0.1) is 6.92 Å². The third-order valence-electron chi connectivity index (χ3n) is 6.12. The first-order valence-corrected chi connectivity index (χ1v) is 11.0. The van der Waals surface area contributed by atoms with Crippen LogP contribution in [0.25, 0.3) is 16.8 Å². The highest BCUT2D eigenvalue weighted by atomic mass is 16.5. The number of aryl methyl sites for hydroxylation is 3. The molecule has 0 spiro atoms. The van der Waals surface area contributed by atoms with Gasteiger partial charge in [-0.05, 0) is 54.9 Å². The second kappa shape index (κ2) is 7.67. The molecule has 0 amide bonds. The fraction of sp³-hybridized carbons (Fsp3) is 0.346. The van der Waals surface area contributed by atoms with E-state index in [0.29, 0.717) is 12.5 Å². The summed E-state index contributed by atoms with van der Waals surface area (Å²) in [6.07, 6.45) is 5.72. The van der Waals surface area contributed by atoms with E-state index in [-0.39, 0.29) is 0 Å². The Morgan fingerprint density at radius 1 is 1.07 bits per heavy atom. The zero-order chi connectivity index (χ0) is 20.7. The van der Waals surface area contributed by atoms with Crippen LogP contribution >= 0.6 is 0 Å². The lowest BCUT2D eigenvalue weighted by Crippen LogP contribution is -2.05. The van der Waals surface area contributed by atoms with E-state index < -0.39 is 0 Å². The van der Waals surface area contributed by atoms with E-state index in [4.69, 9.17) is 9.84 Å². The van der Waals surface area contributed by atoms with Crippen molar-refractivity contribution >= 4 is 5.65 Å². The Balaban J connectivity index is 1.55. The second-order valence-electron chi connectivity index (χ2n) is 8.66. The van der Waals surface area contributed by atoms with Gasteiger partial charge in [0.25, 0.3) is 0 Å². The van der Waals surface area contributed by atoms with Crippen molar-refractivity contribution in [3.8, 4) is 16.9 Å². The minimum absolute atomic E-state index is 0.423. The van der Waals surface area contributed by atoms with Crippen molar-refractivity contribution in [2.24, 2.45) is 0 Å². The van der Waals surface area contributed by atoms with Gasteiger partial charge in [-0.2, -0.15) is 5.10 Å². The maximum absolute atomic E-state index is 6.34. The van der Waals surface area contributed by atoms with Crippen molar-refractivity contribution in [3.05, 3.63) is 77.2 Å². The number of hydrogen-bond acceptors (Lipinski definition) is 2. The average molecular weight is 400 g/mol. The predicted octanol–water partition coefficient (Wildman–Crippen LogP) is 6.15. The van der Waals surface area contributed by atoms with Crippen LogP contribution in [0.1, 0.15) is 55.1 Å². The van der Waals surface area contributed by atoms with Crippen LogP contribution in [0.4, 0.5) is 0 Å². The number of ether oxygens (including phenoxy) is 1. The summed E-state index contributed by atoms with van der Waals surface area (Å²) < 4.78 is 10.8. The Morgan fingerprint density at radius 2 is 1.90 bits per heavy atom. The summed E-state index contributed by atoms with van der Waals surface area (Å²) >= 11 is 0. The fourth-order valence-electron chi connectivity index (χ4n) is 4.56. The SMILES string of the molecule is Cc1ccc(C(C)C)c(OCc2nn3c4c(c(-c5ccccc5)cn24)CCCC3)c1. The summed E-state index contributed by atoms with van der Waals surface area (Å²) in [6, 6.07) is 17.2. The quantitative estimate of drug-likeness (QED) is 0.403. The molecule has 0 atom stereocenters. The molecule has 2 aromatic heterocycles. The number of rotatable bonds is 5. The molecule has 0 fully saturated rings. The molecule has 0 saturated carbocycles. The smallest absolute Gasteiger partial charge is 0.173 e. The molecule has 1 aliphatic rings. The molecule has 0 saturated heterocycles. The molecular weight excluding hydrogens is 370 g/mol. The summed E-state index contributed by atoms with van der Waals surface area (Å²) in [5.74, 6) is 2.36. The molecule has 0 unspecified atom stereocenters. The molecular formula is C26H29N3O. The van der Waals surface area contributed by atoms with E-state index in [1.165, 1.54) is 39.9 Å². The molecule has 2 aromatic carbocycles. The Kier molecular flexibility index (Phi) is 4.86. The molecule has 0 aliphatic carbocycles. The summed E-state index contributed by atoms with van der Waals surface area (Å²) in [6.45, 7) is 7.97. The van der Waals surface area contributed by atoms with Crippen molar-refractivity contribution < 1.29 is 4.74 Å². The highest BCUT2D eigenvalue weighted by Gasteiger charge is 2.22. The number of benzene rings is 2. The molecule has 154 valence electrons. The topological polar surface area (TPSA) is 31.5 Å². The molecule has 5 rings (SSSR count). The standard InChI is InChI=1S/C26H29N3O/c1-18(2)21-13-12-19(3)15-24(21)30-17-25-27-29-14-8-7-11-22-23(16-28(25)26(22)29)20-9-5-4-6-10-20/h4-6,9-10,12-13,15-16,18H,7-8,11,14,17H2,1-3H3. The minimum atomic E-state index is 0.423. The monoisotopic (exact) mass is 399 g/mol. The van der Waals surface area contributed by atoms with Crippen LogP contribution in [-0.4, -0.2) is 14.2 Å². The molecule has 1 aliphatic heterocycles. The molecule has 0 bridgehead atoms. The highest BCUT2D eigenvalue weighted by Crippen LogP contribution is 2.33. The maximum Gasteiger partial charge on any atom is 0.173 e. The van der Waals surface area contributed by atoms with Crippen LogP contribution in [0.5, 0.6) is 5.75 Å². The highest BCUT2D eigenvalue weighted by molar-refractivity contribution is 5.75. The molecule has 0 N–H and O–H groups in total. The van der Waals surface area contributed by atoms with E-state index in [0.717, 1.165) is 31.0 Å². The van der Waals surface area contributed by atoms with Gasteiger partial charge in [0.05, 0.1) is 0 Å². The zero-order valence-electron chi connectivity index (χ0n) is 18.1. The summed E-state index contributed by atoms with van der Waals surface area (Å²) in [4.78, 5) is 0. The van der Waals surface area contributed by atoms with E-state index in [1.54, 1.807) is 0 Å². The van der Waals surface area contributed by atoms with Crippen LogP contribution in [-0.2, 0) is 19.6 Å². The number of hydrogen-bond donors (Lipinski definition) is 0. The molecule has 3 heterocycles. The minimum Gasteiger partial charge on any atom is -0.485 e. The molecule has 4 aromatic rings. The first kappa shape index (κ1) is 19.0. The second-order valence-corrected chi connectivity index (χ2v) is 8.66. The van der Waals surface area contributed by atoms with Gasteiger partial charge >= 0.3 is 0 Å². The Labute approximate surface area is 178 Å². The summed E-state index contributed by atoms with van der Waals surface area (Å²) in [5.41, 5.74) is 7.71. The zero-order valence-corrected chi connectivity index (χ0v) is 18.1. The van der Waals surface area contributed by atoms with Crippen LogP contribution in [0.3, 0.4) is 0 Å². The Hall–Kier alpha value is -3.01. The van der Waals surface area contributed by atoms with Crippen molar-refractivity contribution in [1.82, 2.24) is 14.2 Å². The van der Waals surface area contributed by atoms with E-state index in [9.17, 15) is 0 Å². The predicted molar refractivity (Wildman–Crippen MR) is 121 cm³/mol. The van der Waals surface area contributed by atoms with Gasteiger partial charge in [-0.15, -0.1) is 0 Å². The Bertz CT molecular complexity index is 1180. The molecule has 4 heteroatoms. The van der Waals surface area contributed by atoms with Gasteiger partial charge in [0, 0.05) is 23.9 Å². The van der Waals surface area contributed by atoms with Crippen molar-refractivity contribution in [3.63, 3.8) is 0 Å². The lowest BCUT2D eigenvalue weighted by Gasteiger charge is -2.14. The first-order valence-electron chi connectivity index (χ1n) is 11.0. The fourth-order valence-corrected chi connectivity index (χ4v) is 4.56. The van der Waals surface area contributed by atoms with Crippen LogP contribution in [0.15, 0.2) is 54.7 Å². The van der Waals surface area contributed by atoms with E-state index in [1.807, 2.05) is 0 Å². The first-order chi connectivity index (χ1) is 14.6. The van der Waals surface area contributed by atoms with E-state index in [2.05, 4.69) is 84.6 Å². The average Bonchev–Trinajstić information content (AvgIpc) is 3.20. The van der Waals surface area contributed by atoms with Crippen molar-refractivity contribution in [2.45, 2.75) is 59.1 Å². The molecule has 0 radical (unpaired) electrons. The lowest BCUT2D eigenvalue weighted by molar-refractivity contribution is 0.289. The molecule has 4 nitrogen and oxygen atoms in total. The van der Waals surface area contributed by atoms with Gasteiger partial charge in [0.2, 0.25) is 0 Å². The largest absolute Gasteiger partial charge is 0.485 e. The van der Waals surface area contributed by atoms with Crippen molar-refractivity contribution in [2.75, 3.05) is 0 Å². The number of aromatic nitrogens is 3.